The van der Waals surface area contributed by atoms with E-state index in [1.54, 1.807) is 16.3 Å². The molecule has 0 saturated carbocycles. The minimum atomic E-state index is -0.483. The third kappa shape index (κ3) is 4.68. The van der Waals surface area contributed by atoms with Gasteiger partial charge in [-0.25, -0.2) is 4.68 Å². The molecule has 9 heteroatoms. The van der Waals surface area contributed by atoms with Gasteiger partial charge in [0.05, 0.1) is 11.3 Å². The third-order valence-corrected chi connectivity index (χ3v) is 5.76. The van der Waals surface area contributed by atoms with Crippen LogP contribution in [0, 0.1) is 6.92 Å². The fraction of sp³-hybridized carbons (Fsp3) is 0.130. The van der Waals surface area contributed by atoms with Crippen LogP contribution in [0.15, 0.2) is 77.0 Å². The van der Waals surface area contributed by atoms with Crippen LogP contribution >= 0.6 is 11.3 Å². The number of hydrogen-bond donors (Lipinski definition) is 2. The van der Waals surface area contributed by atoms with E-state index < -0.39 is 11.8 Å². The summed E-state index contributed by atoms with van der Waals surface area (Å²) < 4.78 is 3.16. The van der Waals surface area contributed by atoms with Crippen molar-refractivity contribution in [1.82, 2.24) is 25.2 Å². The topological polar surface area (TPSA) is 98.0 Å². The van der Waals surface area contributed by atoms with Crippen LogP contribution in [0.5, 0.6) is 0 Å². The van der Waals surface area contributed by atoms with E-state index in [1.165, 1.54) is 4.57 Å². The van der Waals surface area contributed by atoms with Crippen LogP contribution in [0.4, 0.5) is 0 Å². The molecule has 2 aromatic carbocycles. The van der Waals surface area contributed by atoms with Crippen molar-refractivity contribution in [1.29, 1.82) is 0 Å². The van der Waals surface area contributed by atoms with Crippen LogP contribution in [0.3, 0.4) is 0 Å². The van der Waals surface area contributed by atoms with Gasteiger partial charge in [0.2, 0.25) is 5.91 Å². The summed E-state index contributed by atoms with van der Waals surface area (Å²) in [5.41, 5.74) is 8.10. The van der Waals surface area contributed by atoms with Gasteiger partial charge in [0.15, 0.2) is 0 Å². The molecule has 0 aliphatic rings. The van der Waals surface area contributed by atoms with Gasteiger partial charge < -0.3 is 4.57 Å². The van der Waals surface area contributed by atoms with Gasteiger partial charge in [0.1, 0.15) is 5.69 Å². The largest absolute Gasteiger partial charge is 0.307 e. The second-order valence-electron chi connectivity index (χ2n) is 7.08. The highest BCUT2D eigenvalue weighted by Crippen LogP contribution is 2.23. The van der Waals surface area contributed by atoms with E-state index in [1.807, 2.05) is 67.6 Å². The third-order valence-electron chi connectivity index (χ3n) is 4.88. The second kappa shape index (κ2) is 9.44. The molecule has 8 nitrogen and oxygen atoms in total. The van der Waals surface area contributed by atoms with Crippen LogP contribution in [-0.4, -0.2) is 26.2 Å². The minimum absolute atomic E-state index is 0.0621. The van der Waals surface area contributed by atoms with Crippen molar-refractivity contribution in [3.05, 3.63) is 93.2 Å². The molecule has 162 valence electrons. The van der Waals surface area contributed by atoms with Gasteiger partial charge in [-0.1, -0.05) is 59.9 Å². The summed E-state index contributed by atoms with van der Waals surface area (Å²) in [5.74, 6) is -0.879. The number of para-hydroxylation sites is 1. The van der Waals surface area contributed by atoms with Crippen molar-refractivity contribution >= 4 is 23.2 Å². The van der Waals surface area contributed by atoms with Gasteiger partial charge in [0.25, 0.3) is 5.91 Å². The van der Waals surface area contributed by atoms with Crippen LogP contribution in [0.25, 0.3) is 16.9 Å². The summed E-state index contributed by atoms with van der Waals surface area (Å²) in [5, 5.41) is 6.34. The molecule has 0 bridgehead atoms. The molecule has 2 N–H and O–H groups in total. The molecule has 0 radical (unpaired) electrons. The Morgan fingerprint density at radius 1 is 1.00 bits per heavy atom. The van der Waals surface area contributed by atoms with Crippen LogP contribution in [-0.2, 0) is 11.3 Å². The lowest BCUT2D eigenvalue weighted by molar-refractivity contribution is -0.122. The Morgan fingerprint density at radius 2 is 1.69 bits per heavy atom. The maximum absolute atomic E-state index is 12.9. The predicted molar refractivity (Wildman–Crippen MR) is 123 cm³/mol. The standard InChI is InChI=1S/C23H21N5O3S/c1-16-15-32-23(31)27(16)13-12-20(29)24-25-22(30)19-14-28(18-10-6-3-7-11-18)26-21(19)17-8-4-2-5-9-17/h2-11,14-15H,12-13H2,1H3,(H,24,29)(H,25,30). The van der Waals surface area contributed by atoms with Crippen molar-refractivity contribution in [2.45, 2.75) is 19.9 Å². The Bertz CT molecular complexity index is 1290. The molecule has 2 aromatic heterocycles. The summed E-state index contributed by atoms with van der Waals surface area (Å²) >= 11 is 1.09. The number of hydrazine groups is 1. The van der Waals surface area contributed by atoms with Gasteiger partial charge in [-0.2, -0.15) is 5.10 Å². The number of thiazole rings is 1. The van der Waals surface area contributed by atoms with Crippen molar-refractivity contribution in [2.75, 3.05) is 0 Å². The number of aryl methyl sites for hydroxylation is 1. The maximum Gasteiger partial charge on any atom is 0.307 e. The zero-order chi connectivity index (χ0) is 22.5. The summed E-state index contributed by atoms with van der Waals surface area (Å²) in [6.07, 6.45) is 1.69. The molecule has 2 amide bonds. The van der Waals surface area contributed by atoms with Crippen LogP contribution in [0.1, 0.15) is 22.5 Å². The first-order valence-corrected chi connectivity index (χ1v) is 10.9. The van der Waals surface area contributed by atoms with Gasteiger partial charge in [-0.05, 0) is 19.1 Å². The second-order valence-corrected chi connectivity index (χ2v) is 7.91. The summed E-state index contributed by atoms with van der Waals surface area (Å²) in [6, 6.07) is 18.8. The smallest absolute Gasteiger partial charge is 0.303 e. The van der Waals surface area contributed by atoms with E-state index in [9.17, 15) is 14.4 Å². The molecular formula is C23H21N5O3S. The Balaban J connectivity index is 1.49. The number of nitrogens with zero attached hydrogens (tertiary/aromatic N) is 3. The fourth-order valence-corrected chi connectivity index (χ4v) is 3.97. The van der Waals surface area contributed by atoms with E-state index in [2.05, 4.69) is 16.0 Å². The summed E-state index contributed by atoms with van der Waals surface area (Å²) in [4.78, 5) is 36.8. The Hall–Kier alpha value is -3.98. The van der Waals surface area contributed by atoms with E-state index in [0.717, 1.165) is 28.3 Å². The van der Waals surface area contributed by atoms with E-state index >= 15 is 0 Å². The number of carbonyl (C=O) groups excluding carboxylic acids is 2. The molecule has 32 heavy (non-hydrogen) atoms. The van der Waals surface area contributed by atoms with Crippen molar-refractivity contribution in [3.63, 3.8) is 0 Å². The Morgan fingerprint density at radius 3 is 2.34 bits per heavy atom. The lowest BCUT2D eigenvalue weighted by atomic mass is 10.1. The fourth-order valence-electron chi connectivity index (χ4n) is 3.21. The molecule has 0 aliphatic carbocycles. The quantitative estimate of drug-likeness (QED) is 0.444. The highest BCUT2D eigenvalue weighted by atomic mass is 32.1. The molecular weight excluding hydrogens is 426 g/mol. The van der Waals surface area contributed by atoms with E-state index in [-0.39, 0.29) is 17.8 Å². The number of hydrogen-bond acceptors (Lipinski definition) is 5. The normalized spacial score (nSPS) is 10.7. The predicted octanol–water partition coefficient (Wildman–Crippen LogP) is 2.92. The van der Waals surface area contributed by atoms with E-state index in [4.69, 9.17) is 0 Å². The Labute approximate surface area is 188 Å². The molecule has 4 rings (SSSR count). The first kappa shape index (κ1) is 21.3. The first-order chi connectivity index (χ1) is 15.5. The number of nitrogens with one attached hydrogen (secondary N) is 2. The van der Waals surface area contributed by atoms with Crippen molar-refractivity contribution in [2.24, 2.45) is 0 Å². The maximum atomic E-state index is 12.9. The van der Waals surface area contributed by atoms with E-state index in [0.29, 0.717) is 11.3 Å². The van der Waals surface area contributed by atoms with Gasteiger partial charge in [0, 0.05) is 35.8 Å². The highest BCUT2D eigenvalue weighted by Gasteiger charge is 2.19. The first-order valence-electron chi connectivity index (χ1n) is 9.97. The lowest BCUT2D eigenvalue weighted by Gasteiger charge is -2.08. The molecule has 0 atom stereocenters. The molecule has 0 aliphatic heterocycles. The number of rotatable bonds is 6. The number of aromatic nitrogens is 3. The molecule has 0 spiro atoms. The van der Waals surface area contributed by atoms with Crippen molar-refractivity contribution < 1.29 is 9.59 Å². The number of amides is 2. The molecule has 0 unspecified atom stereocenters. The Kier molecular flexibility index (Phi) is 6.27. The van der Waals surface area contributed by atoms with Crippen LogP contribution < -0.4 is 15.7 Å². The molecule has 2 heterocycles. The van der Waals surface area contributed by atoms with Gasteiger partial charge in [-0.3, -0.25) is 25.2 Å². The number of carbonyl (C=O) groups is 2. The zero-order valence-corrected chi connectivity index (χ0v) is 18.1. The molecule has 0 fully saturated rings. The van der Waals surface area contributed by atoms with Gasteiger partial charge in [-0.15, -0.1) is 0 Å². The monoisotopic (exact) mass is 447 g/mol. The average Bonchev–Trinajstić information content (AvgIpc) is 3.41. The summed E-state index contributed by atoms with van der Waals surface area (Å²) in [6.45, 7) is 2.06. The molecule has 4 aromatic rings. The SMILES string of the molecule is Cc1csc(=O)n1CCC(=O)NNC(=O)c1cn(-c2ccccc2)nc1-c1ccccc1. The highest BCUT2D eigenvalue weighted by molar-refractivity contribution is 7.07. The van der Waals surface area contributed by atoms with Crippen molar-refractivity contribution in [3.8, 4) is 16.9 Å². The zero-order valence-electron chi connectivity index (χ0n) is 17.3. The van der Waals surface area contributed by atoms with Gasteiger partial charge >= 0.3 is 4.87 Å². The number of benzene rings is 2. The molecule has 0 saturated heterocycles. The summed E-state index contributed by atoms with van der Waals surface area (Å²) in [7, 11) is 0. The van der Waals surface area contributed by atoms with Crippen LogP contribution in [0.2, 0.25) is 0 Å². The lowest BCUT2D eigenvalue weighted by Crippen LogP contribution is -2.42. The minimum Gasteiger partial charge on any atom is -0.303 e. The average molecular weight is 448 g/mol.